The molecule has 0 bridgehead atoms. The molecule has 3 aromatic rings. The minimum atomic E-state index is -0.324. The monoisotopic (exact) mass is 373 g/mol. The van der Waals surface area contributed by atoms with E-state index in [9.17, 15) is 4.79 Å². The number of halogens is 1. The maximum Gasteiger partial charge on any atom is 0.257 e. The zero-order chi connectivity index (χ0) is 16.9. The number of benzene rings is 2. The van der Waals surface area contributed by atoms with Crippen molar-refractivity contribution in [3.63, 3.8) is 0 Å². The highest BCUT2D eigenvalue weighted by atomic mass is 35.5. The van der Waals surface area contributed by atoms with Crippen molar-refractivity contribution in [1.82, 2.24) is 10.3 Å². The number of thiocarbonyl (C=S) groups is 1. The number of anilines is 1. The molecule has 24 heavy (non-hydrogen) atoms. The number of nitrogens with one attached hydrogen (secondary N) is 2. The van der Waals surface area contributed by atoms with E-state index in [-0.39, 0.29) is 11.0 Å². The summed E-state index contributed by atoms with van der Waals surface area (Å²) in [6, 6.07) is 16.5. The highest BCUT2D eigenvalue weighted by molar-refractivity contribution is 7.80. The van der Waals surface area contributed by atoms with E-state index < -0.39 is 0 Å². The van der Waals surface area contributed by atoms with Gasteiger partial charge >= 0.3 is 0 Å². The second-order valence-electron chi connectivity index (χ2n) is 4.82. The van der Waals surface area contributed by atoms with Crippen LogP contribution in [-0.4, -0.2) is 16.0 Å². The first-order valence-corrected chi connectivity index (χ1v) is 8.67. The Morgan fingerprint density at radius 3 is 2.67 bits per heavy atom. The molecule has 0 radical (unpaired) electrons. The highest BCUT2D eigenvalue weighted by Gasteiger charge is 2.10. The SMILES string of the molecule is O=C(NC(=S)Nc1nc(-c2ccccc2)cs1)c1cccc(Cl)c1. The Bertz CT molecular complexity index is 880. The van der Waals surface area contributed by atoms with E-state index in [2.05, 4.69) is 15.6 Å². The molecule has 0 atom stereocenters. The van der Waals surface area contributed by atoms with Gasteiger partial charge in [-0.1, -0.05) is 48.0 Å². The summed E-state index contributed by atoms with van der Waals surface area (Å²) in [6.45, 7) is 0. The number of amides is 1. The van der Waals surface area contributed by atoms with Crippen LogP contribution < -0.4 is 10.6 Å². The average Bonchev–Trinajstić information content (AvgIpc) is 3.04. The van der Waals surface area contributed by atoms with Crippen molar-refractivity contribution in [2.75, 3.05) is 5.32 Å². The van der Waals surface area contributed by atoms with Crippen LogP contribution in [0.1, 0.15) is 10.4 Å². The number of carbonyl (C=O) groups is 1. The molecule has 2 N–H and O–H groups in total. The van der Waals surface area contributed by atoms with Gasteiger partial charge < -0.3 is 5.32 Å². The number of hydrogen-bond donors (Lipinski definition) is 2. The highest BCUT2D eigenvalue weighted by Crippen LogP contribution is 2.24. The fraction of sp³-hybridized carbons (Fsp3) is 0. The zero-order valence-electron chi connectivity index (χ0n) is 12.3. The van der Waals surface area contributed by atoms with E-state index >= 15 is 0 Å². The van der Waals surface area contributed by atoms with Crippen LogP contribution in [0.4, 0.5) is 5.13 Å². The van der Waals surface area contributed by atoms with Crippen LogP contribution in [0, 0.1) is 0 Å². The van der Waals surface area contributed by atoms with Gasteiger partial charge in [-0.2, -0.15) is 0 Å². The fourth-order valence-electron chi connectivity index (χ4n) is 2.01. The van der Waals surface area contributed by atoms with E-state index in [0.717, 1.165) is 11.3 Å². The summed E-state index contributed by atoms with van der Waals surface area (Å²) >= 11 is 12.5. The summed E-state index contributed by atoms with van der Waals surface area (Å²) in [5.41, 5.74) is 2.32. The standard InChI is InChI=1S/C17H12ClN3OS2/c18-13-8-4-7-12(9-13)15(22)20-16(23)21-17-19-14(10-24-17)11-5-2-1-3-6-11/h1-10H,(H2,19,20,21,22,23). The second-order valence-corrected chi connectivity index (χ2v) is 6.53. The van der Waals surface area contributed by atoms with Crippen molar-refractivity contribution in [3.8, 4) is 11.3 Å². The van der Waals surface area contributed by atoms with Crippen molar-refractivity contribution < 1.29 is 4.79 Å². The molecule has 4 nitrogen and oxygen atoms in total. The first-order chi connectivity index (χ1) is 11.6. The Kier molecular flexibility index (Phi) is 5.20. The Morgan fingerprint density at radius 2 is 1.92 bits per heavy atom. The number of thiazole rings is 1. The van der Waals surface area contributed by atoms with Gasteiger partial charge in [0.25, 0.3) is 5.91 Å². The molecule has 120 valence electrons. The van der Waals surface area contributed by atoms with E-state index in [0.29, 0.717) is 15.7 Å². The predicted molar refractivity (Wildman–Crippen MR) is 103 cm³/mol. The van der Waals surface area contributed by atoms with Crippen molar-refractivity contribution in [2.24, 2.45) is 0 Å². The topological polar surface area (TPSA) is 54.0 Å². The number of hydrogen-bond acceptors (Lipinski definition) is 4. The maximum absolute atomic E-state index is 12.1. The molecule has 0 saturated heterocycles. The third kappa shape index (κ3) is 4.17. The molecule has 1 amide bonds. The minimum absolute atomic E-state index is 0.189. The third-order valence-electron chi connectivity index (χ3n) is 3.11. The molecule has 3 rings (SSSR count). The van der Waals surface area contributed by atoms with E-state index in [4.69, 9.17) is 23.8 Å². The number of rotatable bonds is 3. The van der Waals surface area contributed by atoms with Gasteiger partial charge in [-0.15, -0.1) is 11.3 Å². The van der Waals surface area contributed by atoms with Gasteiger partial charge in [-0.25, -0.2) is 4.98 Å². The number of carbonyl (C=O) groups excluding carboxylic acids is 1. The molecule has 0 saturated carbocycles. The van der Waals surface area contributed by atoms with Crippen molar-refractivity contribution >= 4 is 51.3 Å². The average molecular weight is 374 g/mol. The Morgan fingerprint density at radius 1 is 1.12 bits per heavy atom. The van der Waals surface area contributed by atoms with E-state index in [1.165, 1.54) is 11.3 Å². The van der Waals surface area contributed by atoms with Crippen LogP contribution in [0.5, 0.6) is 0 Å². The molecule has 1 aromatic heterocycles. The van der Waals surface area contributed by atoms with E-state index in [1.54, 1.807) is 24.3 Å². The molecule has 0 spiro atoms. The Labute approximate surface area is 153 Å². The van der Waals surface area contributed by atoms with Gasteiger partial charge in [-0.05, 0) is 30.4 Å². The molecule has 1 heterocycles. The summed E-state index contributed by atoms with van der Waals surface area (Å²) in [6.07, 6.45) is 0. The molecule has 0 aliphatic heterocycles. The van der Waals surface area contributed by atoms with Crippen LogP contribution in [-0.2, 0) is 0 Å². The van der Waals surface area contributed by atoms with Crippen LogP contribution in [0.2, 0.25) is 5.02 Å². The Hall–Kier alpha value is -2.28. The predicted octanol–water partition coefficient (Wildman–Crippen LogP) is 4.59. The summed E-state index contributed by atoms with van der Waals surface area (Å²) < 4.78 is 0. The number of nitrogens with zero attached hydrogens (tertiary/aromatic N) is 1. The summed E-state index contributed by atoms with van der Waals surface area (Å²) in [7, 11) is 0. The van der Waals surface area contributed by atoms with Gasteiger partial charge in [-0.3, -0.25) is 10.1 Å². The first kappa shape index (κ1) is 16.6. The lowest BCUT2D eigenvalue weighted by atomic mass is 10.2. The maximum atomic E-state index is 12.1. The largest absolute Gasteiger partial charge is 0.308 e. The van der Waals surface area contributed by atoms with Crippen LogP contribution in [0.25, 0.3) is 11.3 Å². The van der Waals surface area contributed by atoms with Crippen LogP contribution in [0.15, 0.2) is 60.0 Å². The van der Waals surface area contributed by atoms with Gasteiger partial charge in [0, 0.05) is 21.5 Å². The summed E-state index contributed by atoms with van der Waals surface area (Å²) in [5, 5.41) is 8.76. The minimum Gasteiger partial charge on any atom is -0.308 e. The third-order valence-corrected chi connectivity index (χ3v) is 4.31. The van der Waals surface area contributed by atoms with E-state index in [1.807, 2.05) is 35.7 Å². The molecular formula is C17H12ClN3OS2. The van der Waals surface area contributed by atoms with Crippen LogP contribution >= 0.6 is 35.2 Å². The van der Waals surface area contributed by atoms with Gasteiger partial charge in [0.1, 0.15) is 0 Å². The quantitative estimate of drug-likeness (QED) is 0.659. The van der Waals surface area contributed by atoms with Crippen molar-refractivity contribution in [3.05, 3.63) is 70.6 Å². The summed E-state index contributed by atoms with van der Waals surface area (Å²) in [5.74, 6) is -0.324. The van der Waals surface area contributed by atoms with Crippen molar-refractivity contribution in [1.29, 1.82) is 0 Å². The number of aromatic nitrogens is 1. The Balaban J connectivity index is 1.63. The lowest BCUT2D eigenvalue weighted by molar-refractivity contribution is 0.0977. The fourth-order valence-corrected chi connectivity index (χ4v) is 3.17. The zero-order valence-corrected chi connectivity index (χ0v) is 14.7. The normalized spacial score (nSPS) is 10.2. The van der Waals surface area contributed by atoms with Gasteiger partial charge in [0.05, 0.1) is 5.69 Å². The molecule has 0 aliphatic carbocycles. The molecule has 2 aromatic carbocycles. The first-order valence-electron chi connectivity index (χ1n) is 7.00. The smallest absolute Gasteiger partial charge is 0.257 e. The summed E-state index contributed by atoms with van der Waals surface area (Å²) in [4.78, 5) is 16.6. The molecule has 0 fully saturated rings. The lowest BCUT2D eigenvalue weighted by Gasteiger charge is -2.07. The second kappa shape index (κ2) is 7.53. The lowest BCUT2D eigenvalue weighted by Crippen LogP contribution is -2.34. The molecule has 0 unspecified atom stereocenters. The molecule has 7 heteroatoms. The van der Waals surface area contributed by atoms with Gasteiger partial charge in [0.15, 0.2) is 10.2 Å². The van der Waals surface area contributed by atoms with Gasteiger partial charge in [0.2, 0.25) is 0 Å². The molecular weight excluding hydrogens is 362 g/mol. The van der Waals surface area contributed by atoms with Crippen LogP contribution in [0.3, 0.4) is 0 Å². The van der Waals surface area contributed by atoms with Crippen molar-refractivity contribution in [2.45, 2.75) is 0 Å². The molecule has 0 aliphatic rings.